The highest BCUT2D eigenvalue weighted by atomic mass is 19.4. The monoisotopic (exact) mass is 346 g/mol. The van der Waals surface area contributed by atoms with E-state index in [1.165, 1.54) is 18.2 Å². The molecule has 0 saturated carbocycles. The maximum atomic E-state index is 12.9. The normalized spacial score (nSPS) is 10.6. The maximum absolute atomic E-state index is 12.9. The third-order valence-electron chi connectivity index (χ3n) is 3.42. The molecule has 3 nitrogen and oxygen atoms in total. The zero-order valence-electron chi connectivity index (χ0n) is 13.8. The molecule has 130 valence electrons. The molecule has 0 spiro atoms. The second-order valence-electron chi connectivity index (χ2n) is 5.47. The Kier molecular flexibility index (Phi) is 5.71. The van der Waals surface area contributed by atoms with Crippen LogP contribution in [0.5, 0.6) is 0 Å². The van der Waals surface area contributed by atoms with E-state index < -0.39 is 11.7 Å². The summed E-state index contributed by atoms with van der Waals surface area (Å²) in [5.41, 5.74) is 0.438. The van der Waals surface area contributed by atoms with Gasteiger partial charge < -0.3 is 10.2 Å². The van der Waals surface area contributed by atoms with Crippen molar-refractivity contribution in [2.45, 2.75) is 6.18 Å². The zero-order valence-corrected chi connectivity index (χ0v) is 13.8. The second-order valence-corrected chi connectivity index (χ2v) is 5.47. The van der Waals surface area contributed by atoms with E-state index in [1.807, 2.05) is 25.1 Å². The third kappa shape index (κ3) is 5.01. The summed E-state index contributed by atoms with van der Waals surface area (Å²) in [4.78, 5) is 13.9. The van der Waals surface area contributed by atoms with Crippen molar-refractivity contribution in [3.8, 4) is 11.8 Å². The van der Waals surface area contributed by atoms with E-state index in [-0.39, 0.29) is 18.0 Å². The fourth-order valence-corrected chi connectivity index (χ4v) is 2.13. The van der Waals surface area contributed by atoms with Crippen molar-refractivity contribution in [1.29, 1.82) is 0 Å². The molecule has 6 heteroatoms. The Hall–Kier alpha value is -2.94. The van der Waals surface area contributed by atoms with Crippen LogP contribution in [0.25, 0.3) is 0 Å². The van der Waals surface area contributed by atoms with Gasteiger partial charge in [0.05, 0.1) is 12.1 Å². The van der Waals surface area contributed by atoms with Gasteiger partial charge in [-0.15, -0.1) is 0 Å². The lowest BCUT2D eigenvalue weighted by Gasteiger charge is -2.13. The van der Waals surface area contributed by atoms with Gasteiger partial charge in [-0.2, -0.15) is 13.2 Å². The van der Waals surface area contributed by atoms with Crippen molar-refractivity contribution < 1.29 is 18.0 Å². The lowest BCUT2D eigenvalue weighted by molar-refractivity contribution is -0.137. The van der Waals surface area contributed by atoms with Crippen molar-refractivity contribution in [3.63, 3.8) is 0 Å². The Bertz CT molecular complexity index is 817. The van der Waals surface area contributed by atoms with Crippen molar-refractivity contribution in [3.05, 3.63) is 65.2 Å². The molecule has 1 amide bonds. The molecule has 0 aliphatic carbocycles. The topological polar surface area (TPSA) is 32.3 Å². The minimum Gasteiger partial charge on any atom is -0.378 e. The number of nitrogens with zero attached hydrogens (tertiary/aromatic N) is 1. The molecule has 0 bridgehead atoms. The molecule has 0 aliphatic rings. The highest BCUT2D eigenvalue weighted by molar-refractivity contribution is 5.95. The summed E-state index contributed by atoms with van der Waals surface area (Å²) in [5.74, 6) is 4.69. The minimum absolute atomic E-state index is 0.0444. The SMILES string of the molecule is CN(C)c1cccc(C(=O)NCC#Cc2ccccc2C(F)(F)F)c1. The van der Waals surface area contributed by atoms with Crippen LogP contribution in [-0.4, -0.2) is 26.5 Å². The van der Waals surface area contributed by atoms with Gasteiger partial charge in [0.2, 0.25) is 0 Å². The van der Waals surface area contributed by atoms with Crippen molar-refractivity contribution >= 4 is 11.6 Å². The maximum Gasteiger partial charge on any atom is 0.417 e. The van der Waals surface area contributed by atoms with Crippen molar-refractivity contribution in [2.75, 3.05) is 25.5 Å². The van der Waals surface area contributed by atoms with Gasteiger partial charge in [0, 0.05) is 30.9 Å². The smallest absolute Gasteiger partial charge is 0.378 e. The van der Waals surface area contributed by atoms with E-state index in [2.05, 4.69) is 17.2 Å². The van der Waals surface area contributed by atoms with E-state index in [0.717, 1.165) is 11.8 Å². The Morgan fingerprint density at radius 3 is 2.52 bits per heavy atom. The number of amides is 1. The molecule has 2 aromatic carbocycles. The first-order valence-electron chi connectivity index (χ1n) is 7.49. The number of alkyl halides is 3. The first-order valence-corrected chi connectivity index (χ1v) is 7.49. The second kappa shape index (κ2) is 7.75. The average molecular weight is 346 g/mol. The number of hydrogen-bond acceptors (Lipinski definition) is 2. The van der Waals surface area contributed by atoms with Gasteiger partial charge in [0.15, 0.2) is 0 Å². The summed E-state index contributed by atoms with van der Waals surface area (Å²) in [6, 6.07) is 12.1. The summed E-state index contributed by atoms with van der Waals surface area (Å²) >= 11 is 0. The molecule has 0 aliphatic heterocycles. The van der Waals surface area contributed by atoms with Crippen LogP contribution in [0.15, 0.2) is 48.5 Å². The predicted molar refractivity (Wildman–Crippen MR) is 91.4 cm³/mol. The van der Waals surface area contributed by atoms with E-state index in [0.29, 0.717) is 5.56 Å². The standard InChI is InChI=1S/C19H17F3N2O/c1-24(2)16-10-5-8-15(13-16)18(25)23-12-6-9-14-7-3-4-11-17(14)19(20,21)22/h3-5,7-8,10-11,13H,12H2,1-2H3,(H,23,25). The molecule has 0 aromatic heterocycles. The van der Waals surface area contributed by atoms with E-state index in [4.69, 9.17) is 0 Å². The van der Waals surface area contributed by atoms with Gasteiger partial charge in [0.25, 0.3) is 5.91 Å². The number of nitrogens with one attached hydrogen (secondary N) is 1. The molecule has 2 aromatic rings. The number of rotatable bonds is 3. The quantitative estimate of drug-likeness (QED) is 0.862. The molecule has 0 heterocycles. The van der Waals surface area contributed by atoms with Crippen LogP contribution >= 0.6 is 0 Å². The van der Waals surface area contributed by atoms with Gasteiger partial charge in [-0.1, -0.05) is 30.0 Å². The van der Waals surface area contributed by atoms with Crippen LogP contribution in [0.4, 0.5) is 18.9 Å². The molecule has 0 radical (unpaired) electrons. The molecule has 25 heavy (non-hydrogen) atoms. The fourth-order valence-electron chi connectivity index (χ4n) is 2.13. The lowest BCUT2D eigenvalue weighted by atomic mass is 10.1. The van der Waals surface area contributed by atoms with E-state index in [1.54, 1.807) is 18.2 Å². The Balaban J connectivity index is 2.04. The number of halogens is 3. The molecule has 1 N–H and O–H groups in total. The summed E-state index contributed by atoms with van der Waals surface area (Å²) in [6.07, 6.45) is -4.46. The van der Waals surface area contributed by atoms with Crippen LogP contribution in [0, 0.1) is 11.8 Å². The molecule has 2 rings (SSSR count). The van der Waals surface area contributed by atoms with Crippen LogP contribution < -0.4 is 10.2 Å². The highest BCUT2D eigenvalue weighted by Crippen LogP contribution is 2.31. The molecule has 0 atom stereocenters. The Labute approximate surface area is 144 Å². The first-order chi connectivity index (χ1) is 11.8. The third-order valence-corrected chi connectivity index (χ3v) is 3.42. The zero-order chi connectivity index (χ0) is 18.4. The molecule has 0 saturated heterocycles. The van der Waals surface area contributed by atoms with E-state index in [9.17, 15) is 18.0 Å². The molecule has 0 fully saturated rings. The molecular formula is C19H17F3N2O. The number of benzene rings is 2. The van der Waals surface area contributed by atoms with Gasteiger partial charge in [0.1, 0.15) is 0 Å². The minimum atomic E-state index is -4.46. The molecule has 0 unspecified atom stereocenters. The van der Waals surface area contributed by atoms with Crippen molar-refractivity contribution in [2.24, 2.45) is 0 Å². The fraction of sp³-hybridized carbons (Fsp3) is 0.211. The van der Waals surface area contributed by atoms with Crippen LogP contribution in [-0.2, 0) is 6.18 Å². The Morgan fingerprint density at radius 1 is 1.12 bits per heavy atom. The molecular weight excluding hydrogens is 329 g/mol. The predicted octanol–water partition coefficient (Wildman–Crippen LogP) is 3.55. The summed E-state index contributed by atoms with van der Waals surface area (Å²) in [6.45, 7) is -0.0444. The number of hydrogen-bond donors (Lipinski definition) is 1. The van der Waals surface area contributed by atoms with Crippen LogP contribution in [0.3, 0.4) is 0 Å². The number of anilines is 1. The highest BCUT2D eigenvalue weighted by Gasteiger charge is 2.32. The van der Waals surface area contributed by atoms with Crippen LogP contribution in [0.2, 0.25) is 0 Å². The first kappa shape index (κ1) is 18.4. The number of carbonyl (C=O) groups is 1. The average Bonchev–Trinajstić information content (AvgIpc) is 2.58. The van der Waals surface area contributed by atoms with Crippen LogP contribution in [0.1, 0.15) is 21.5 Å². The Morgan fingerprint density at radius 2 is 1.84 bits per heavy atom. The van der Waals surface area contributed by atoms with Crippen molar-refractivity contribution in [1.82, 2.24) is 5.32 Å². The van der Waals surface area contributed by atoms with Gasteiger partial charge in [-0.25, -0.2) is 0 Å². The summed E-state index contributed by atoms with van der Waals surface area (Å²) in [7, 11) is 3.72. The van der Waals surface area contributed by atoms with Gasteiger partial charge in [-0.3, -0.25) is 4.79 Å². The lowest BCUT2D eigenvalue weighted by Crippen LogP contribution is -2.24. The van der Waals surface area contributed by atoms with E-state index >= 15 is 0 Å². The number of carbonyl (C=O) groups excluding carboxylic acids is 1. The van der Waals surface area contributed by atoms with Gasteiger partial charge >= 0.3 is 6.18 Å². The summed E-state index contributed by atoms with van der Waals surface area (Å²) in [5, 5.41) is 2.58. The summed E-state index contributed by atoms with van der Waals surface area (Å²) < 4.78 is 38.6. The van der Waals surface area contributed by atoms with Gasteiger partial charge in [-0.05, 0) is 30.3 Å². The largest absolute Gasteiger partial charge is 0.417 e.